The Hall–Kier alpha value is -1.11. The van der Waals surface area contributed by atoms with E-state index in [1.807, 2.05) is 20.8 Å². The smallest absolute Gasteiger partial charge is 0.319 e. The lowest BCUT2D eigenvalue weighted by molar-refractivity contribution is -0.140. The first-order valence-electron chi connectivity index (χ1n) is 6.43. The third-order valence-electron chi connectivity index (χ3n) is 2.61. The number of esters is 1. The third-order valence-corrected chi connectivity index (χ3v) is 3.79. The van der Waals surface area contributed by atoms with Gasteiger partial charge >= 0.3 is 5.97 Å². The first kappa shape index (κ1) is 15.9. The molecule has 1 heterocycles. The molecule has 0 bridgehead atoms. The predicted octanol–water partition coefficient (Wildman–Crippen LogP) is 2.25. The van der Waals surface area contributed by atoms with Crippen molar-refractivity contribution >= 4 is 17.7 Å². The zero-order valence-electron chi connectivity index (χ0n) is 12.2. The standard InChI is InChI=1S/C12H22N4O2S/c1-6-7-8-9(10(17)18-5)19-11-13-14-15-16(11)12(2,3)4/h9H,6-8H2,1-5H3. The Labute approximate surface area is 118 Å². The highest BCUT2D eigenvalue weighted by atomic mass is 32.2. The van der Waals surface area contributed by atoms with E-state index in [4.69, 9.17) is 4.74 Å². The number of thioether (sulfide) groups is 1. The third kappa shape index (κ3) is 4.49. The van der Waals surface area contributed by atoms with E-state index in [-0.39, 0.29) is 16.8 Å². The van der Waals surface area contributed by atoms with Gasteiger partial charge in [-0.1, -0.05) is 31.5 Å². The molecule has 0 aliphatic carbocycles. The normalized spacial score (nSPS) is 13.3. The summed E-state index contributed by atoms with van der Waals surface area (Å²) in [6.45, 7) is 8.16. The van der Waals surface area contributed by atoms with Crippen LogP contribution in [-0.4, -0.2) is 38.5 Å². The molecular weight excluding hydrogens is 264 g/mol. The summed E-state index contributed by atoms with van der Waals surface area (Å²) in [5, 5.41) is 12.1. The highest BCUT2D eigenvalue weighted by Gasteiger charge is 2.26. The summed E-state index contributed by atoms with van der Waals surface area (Å²) in [7, 11) is 1.41. The Morgan fingerprint density at radius 3 is 2.68 bits per heavy atom. The second-order valence-electron chi connectivity index (χ2n) is 5.32. The van der Waals surface area contributed by atoms with Crippen LogP contribution >= 0.6 is 11.8 Å². The minimum absolute atomic E-state index is 0.211. The maximum Gasteiger partial charge on any atom is 0.319 e. The number of hydrogen-bond donors (Lipinski definition) is 0. The van der Waals surface area contributed by atoms with Gasteiger partial charge < -0.3 is 4.74 Å². The van der Waals surface area contributed by atoms with E-state index in [0.29, 0.717) is 5.16 Å². The van der Waals surface area contributed by atoms with Crippen molar-refractivity contribution in [2.75, 3.05) is 7.11 Å². The number of carbonyl (C=O) groups is 1. The molecule has 0 aliphatic heterocycles. The number of ether oxygens (including phenoxy) is 1. The molecule has 6 nitrogen and oxygen atoms in total. The summed E-state index contributed by atoms with van der Waals surface area (Å²) in [5.74, 6) is -0.220. The van der Waals surface area contributed by atoms with Gasteiger partial charge in [0.1, 0.15) is 5.25 Å². The quantitative estimate of drug-likeness (QED) is 0.590. The van der Waals surface area contributed by atoms with E-state index in [1.165, 1.54) is 18.9 Å². The van der Waals surface area contributed by atoms with Crippen molar-refractivity contribution in [2.24, 2.45) is 0 Å². The van der Waals surface area contributed by atoms with Crippen LogP contribution in [0.5, 0.6) is 0 Å². The molecule has 0 amide bonds. The van der Waals surface area contributed by atoms with Crippen LogP contribution in [0.25, 0.3) is 0 Å². The SMILES string of the molecule is CCCCC(Sc1nnnn1C(C)(C)C)C(=O)OC. The second-order valence-corrected chi connectivity index (χ2v) is 6.49. The van der Waals surface area contributed by atoms with Crippen LogP contribution in [0.3, 0.4) is 0 Å². The van der Waals surface area contributed by atoms with Gasteiger partial charge in [-0.15, -0.1) is 5.10 Å². The van der Waals surface area contributed by atoms with Crippen molar-refractivity contribution in [2.45, 2.75) is 62.9 Å². The molecule has 0 saturated carbocycles. The molecule has 19 heavy (non-hydrogen) atoms. The van der Waals surface area contributed by atoms with Gasteiger partial charge in [0.05, 0.1) is 12.6 Å². The van der Waals surface area contributed by atoms with Crippen LogP contribution in [-0.2, 0) is 15.1 Å². The van der Waals surface area contributed by atoms with Gasteiger partial charge in [-0.3, -0.25) is 4.79 Å². The maximum absolute atomic E-state index is 11.8. The van der Waals surface area contributed by atoms with Gasteiger partial charge in [0, 0.05) is 0 Å². The summed E-state index contributed by atoms with van der Waals surface area (Å²) in [5.41, 5.74) is -0.211. The van der Waals surface area contributed by atoms with Crippen molar-refractivity contribution in [3.05, 3.63) is 0 Å². The first-order chi connectivity index (χ1) is 8.90. The van der Waals surface area contributed by atoms with Crippen molar-refractivity contribution in [1.82, 2.24) is 20.2 Å². The molecule has 7 heteroatoms. The maximum atomic E-state index is 11.8. The molecule has 0 fully saturated rings. The van der Waals surface area contributed by atoms with Crippen molar-refractivity contribution in [1.29, 1.82) is 0 Å². The van der Waals surface area contributed by atoms with Gasteiger partial charge in [0.2, 0.25) is 5.16 Å². The Morgan fingerprint density at radius 2 is 2.16 bits per heavy atom. The summed E-state index contributed by atoms with van der Waals surface area (Å²) < 4.78 is 6.58. The average molecular weight is 286 g/mol. The van der Waals surface area contributed by atoms with Crippen molar-refractivity contribution in [3.8, 4) is 0 Å². The summed E-state index contributed by atoms with van der Waals surface area (Å²) in [4.78, 5) is 11.8. The molecule has 1 rings (SSSR count). The molecule has 0 N–H and O–H groups in total. The minimum atomic E-state index is -0.253. The van der Waals surface area contributed by atoms with E-state index in [9.17, 15) is 4.79 Å². The fourth-order valence-corrected chi connectivity index (χ4v) is 2.77. The molecule has 1 unspecified atom stereocenters. The van der Waals surface area contributed by atoms with Gasteiger partial charge in [0.25, 0.3) is 0 Å². The van der Waals surface area contributed by atoms with Gasteiger partial charge in [-0.25, -0.2) is 4.68 Å². The average Bonchev–Trinajstić information content (AvgIpc) is 2.81. The molecule has 1 atom stereocenters. The van der Waals surface area contributed by atoms with Crippen LogP contribution in [0.2, 0.25) is 0 Å². The zero-order chi connectivity index (χ0) is 14.5. The monoisotopic (exact) mass is 286 g/mol. The fraction of sp³-hybridized carbons (Fsp3) is 0.833. The topological polar surface area (TPSA) is 69.9 Å². The molecule has 108 valence electrons. The van der Waals surface area contributed by atoms with Crippen LogP contribution in [0.1, 0.15) is 47.0 Å². The number of carbonyl (C=O) groups excluding carboxylic acids is 1. The number of methoxy groups -OCH3 is 1. The minimum Gasteiger partial charge on any atom is -0.468 e. The van der Waals surface area contributed by atoms with Crippen LogP contribution in [0, 0.1) is 0 Å². The van der Waals surface area contributed by atoms with Gasteiger partial charge in [-0.05, 0) is 37.6 Å². The fourth-order valence-electron chi connectivity index (χ4n) is 1.55. The molecule has 0 spiro atoms. The van der Waals surface area contributed by atoms with E-state index in [1.54, 1.807) is 4.68 Å². The number of unbranched alkanes of at least 4 members (excludes halogenated alkanes) is 1. The molecule has 1 aromatic heterocycles. The van der Waals surface area contributed by atoms with Gasteiger partial charge in [0.15, 0.2) is 0 Å². The number of aromatic nitrogens is 4. The largest absolute Gasteiger partial charge is 0.468 e. The Morgan fingerprint density at radius 1 is 1.47 bits per heavy atom. The highest BCUT2D eigenvalue weighted by Crippen LogP contribution is 2.28. The summed E-state index contributed by atoms with van der Waals surface area (Å²) in [6, 6.07) is 0. The zero-order valence-corrected chi connectivity index (χ0v) is 13.0. The summed E-state index contributed by atoms with van der Waals surface area (Å²) in [6.07, 6.45) is 2.78. The first-order valence-corrected chi connectivity index (χ1v) is 7.31. The van der Waals surface area contributed by atoms with Crippen LogP contribution in [0.4, 0.5) is 0 Å². The predicted molar refractivity (Wildman–Crippen MR) is 74.0 cm³/mol. The molecule has 0 radical (unpaired) electrons. The lowest BCUT2D eigenvalue weighted by atomic mass is 10.1. The lowest BCUT2D eigenvalue weighted by Crippen LogP contribution is -2.26. The summed E-state index contributed by atoms with van der Waals surface area (Å²) >= 11 is 1.37. The second kappa shape index (κ2) is 6.88. The van der Waals surface area contributed by atoms with Crippen LogP contribution < -0.4 is 0 Å². The highest BCUT2D eigenvalue weighted by molar-refractivity contribution is 8.00. The molecule has 0 aliphatic rings. The van der Waals surface area contributed by atoms with E-state index in [2.05, 4.69) is 22.4 Å². The molecule has 0 saturated heterocycles. The van der Waals surface area contributed by atoms with E-state index in [0.717, 1.165) is 19.3 Å². The number of tetrazole rings is 1. The van der Waals surface area contributed by atoms with Crippen molar-refractivity contribution < 1.29 is 9.53 Å². The number of hydrogen-bond acceptors (Lipinski definition) is 6. The molecule has 1 aromatic rings. The lowest BCUT2D eigenvalue weighted by Gasteiger charge is -2.21. The van der Waals surface area contributed by atoms with Crippen molar-refractivity contribution in [3.63, 3.8) is 0 Å². The molecular formula is C12H22N4O2S. The number of rotatable bonds is 6. The van der Waals surface area contributed by atoms with E-state index >= 15 is 0 Å². The van der Waals surface area contributed by atoms with Gasteiger partial charge in [-0.2, -0.15) is 0 Å². The molecule has 0 aromatic carbocycles. The van der Waals surface area contributed by atoms with Crippen LogP contribution in [0.15, 0.2) is 5.16 Å². The Balaban J connectivity index is 2.84. The Bertz CT molecular complexity index is 414. The number of nitrogens with zero attached hydrogens (tertiary/aromatic N) is 4. The van der Waals surface area contributed by atoms with E-state index < -0.39 is 0 Å². The Kier molecular flexibility index (Phi) is 5.78.